The fraction of sp³-hybridized carbons (Fsp3) is 0.143. The van der Waals surface area contributed by atoms with Crippen LogP contribution in [0.4, 0.5) is 5.69 Å². The number of nitrogens with zero attached hydrogens (tertiary/aromatic N) is 2. The van der Waals surface area contributed by atoms with Crippen LogP contribution in [-0.4, -0.2) is 16.0 Å². The van der Waals surface area contributed by atoms with Crippen LogP contribution in [-0.2, 0) is 0 Å². The summed E-state index contributed by atoms with van der Waals surface area (Å²) in [7, 11) is 0. The molecular weight excluding hydrogens is 383 g/mol. The molecule has 0 aliphatic heterocycles. The molecule has 1 atom stereocenters. The van der Waals surface area contributed by atoms with Crippen molar-refractivity contribution in [2.45, 2.75) is 19.9 Å². The van der Waals surface area contributed by atoms with Crippen molar-refractivity contribution in [3.63, 3.8) is 0 Å². The maximum Gasteiger partial charge on any atom is 0.259 e. The van der Waals surface area contributed by atoms with Crippen molar-refractivity contribution in [2.75, 3.05) is 4.90 Å². The highest BCUT2D eigenvalue weighted by Gasteiger charge is 2.27. The third-order valence-electron chi connectivity index (χ3n) is 4.37. The van der Waals surface area contributed by atoms with Crippen molar-refractivity contribution in [1.29, 1.82) is 0 Å². The van der Waals surface area contributed by atoms with E-state index in [1.807, 2.05) is 19.9 Å². The van der Waals surface area contributed by atoms with Gasteiger partial charge in [0.05, 0.1) is 6.04 Å². The maximum atomic E-state index is 13.4. The Kier molecular flexibility index (Phi) is 5.68. The summed E-state index contributed by atoms with van der Waals surface area (Å²) in [6.45, 7) is 3.67. The van der Waals surface area contributed by atoms with Crippen molar-refractivity contribution < 1.29 is 9.90 Å². The molecular formula is C21H18Cl2N2O2. The van der Waals surface area contributed by atoms with Gasteiger partial charge in [-0.05, 0) is 49.7 Å². The molecule has 0 bridgehead atoms. The fourth-order valence-electron chi connectivity index (χ4n) is 3.02. The van der Waals surface area contributed by atoms with Crippen molar-refractivity contribution in [3.05, 3.63) is 87.7 Å². The average molecular weight is 401 g/mol. The third-order valence-corrected chi connectivity index (χ3v) is 4.81. The second-order valence-electron chi connectivity index (χ2n) is 6.23. The van der Waals surface area contributed by atoms with Gasteiger partial charge in [0.1, 0.15) is 5.75 Å². The summed E-state index contributed by atoms with van der Waals surface area (Å²) in [6.07, 6.45) is 3.22. The standard InChI is InChI=1S/C21H18Cl2N2O2/c1-13-12-24-8-7-18(13)21(27)25(17-10-15(22)9-16(23)11-17)14(2)19-5-3-4-6-20(19)26/h3-12,14,26H,1-2H3. The molecule has 1 N–H and O–H groups in total. The average Bonchev–Trinajstić information content (AvgIpc) is 2.61. The number of pyridine rings is 1. The Bertz CT molecular complexity index is 971. The molecule has 6 heteroatoms. The Hall–Kier alpha value is -2.56. The van der Waals surface area contributed by atoms with E-state index in [2.05, 4.69) is 4.98 Å². The molecule has 0 fully saturated rings. The molecule has 2 aromatic carbocycles. The monoisotopic (exact) mass is 400 g/mol. The van der Waals surface area contributed by atoms with Gasteiger partial charge in [0.25, 0.3) is 5.91 Å². The van der Waals surface area contributed by atoms with Gasteiger partial charge in [-0.2, -0.15) is 0 Å². The Labute approximate surface area is 168 Å². The number of rotatable bonds is 4. The quantitative estimate of drug-likeness (QED) is 0.600. The van der Waals surface area contributed by atoms with Crippen LogP contribution in [0.2, 0.25) is 10.0 Å². The molecule has 0 saturated carbocycles. The van der Waals surface area contributed by atoms with Gasteiger partial charge in [-0.25, -0.2) is 0 Å². The molecule has 0 spiro atoms. The number of hydrogen-bond acceptors (Lipinski definition) is 3. The van der Waals surface area contributed by atoms with Crippen LogP contribution in [0.1, 0.15) is 34.5 Å². The first-order valence-corrected chi connectivity index (χ1v) is 9.12. The van der Waals surface area contributed by atoms with Crippen LogP contribution in [0, 0.1) is 6.92 Å². The first kappa shape index (κ1) is 19.2. The first-order valence-electron chi connectivity index (χ1n) is 8.36. The molecule has 138 valence electrons. The number of aromatic nitrogens is 1. The van der Waals surface area contributed by atoms with Crippen molar-refractivity contribution in [2.24, 2.45) is 0 Å². The highest BCUT2D eigenvalue weighted by atomic mass is 35.5. The van der Waals surface area contributed by atoms with Gasteiger partial charge < -0.3 is 10.0 Å². The van der Waals surface area contributed by atoms with E-state index in [4.69, 9.17) is 23.2 Å². The molecule has 1 unspecified atom stereocenters. The Balaban J connectivity index is 2.16. The summed E-state index contributed by atoms with van der Waals surface area (Å²) in [5.74, 6) is -0.119. The summed E-state index contributed by atoms with van der Waals surface area (Å²) in [6, 6.07) is 13.1. The van der Waals surface area contributed by atoms with Crippen LogP contribution in [0.3, 0.4) is 0 Å². The zero-order valence-corrected chi connectivity index (χ0v) is 16.4. The van der Waals surface area contributed by atoms with Crippen LogP contribution in [0.5, 0.6) is 5.75 Å². The zero-order chi connectivity index (χ0) is 19.6. The molecule has 1 heterocycles. The predicted octanol–water partition coefficient (Wildman–Crippen LogP) is 5.81. The summed E-state index contributed by atoms with van der Waals surface area (Å²) in [4.78, 5) is 19.1. The molecule has 0 aliphatic rings. The SMILES string of the molecule is Cc1cnccc1C(=O)N(c1cc(Cl)cc(Cl)c1)C(C)c1ccccc1O. The van der Waals surface area contributed by atoms with Crippen molar-refractivity contribution in [3.8, 4) is 5.75 Å². The number of benzene rings is 2. The summed E-state index contributed by atoms with van der Waals surface area (Å²) >= 11 is 12.4. The first-order chi connectivity index (χ1) is 12.9. The largest absolute Gasteiger partial charge is 0.508 e. The minimum absolute atomic E-state index is 0.113. The summed E-state index contributed by atoms with van der Waals surface area (Å²) < 4.78 is 0. The lowest BCUT2D eigenvalue weighted by molar-refractivity contribution is 0.0977. The van der Waals surface area contributed by atoms with Gasteiger partial charge in [0, 0.05) is 39.3 Å². The highest BCUT2D eigenvalue weighted by Crippen LogP contribution is 2.36. The number of aryl methyl sites for hydroxylation is 1. The van der Waals surface area contributed by atoms with Crippen LogP contribution in [0.25, 0.3) is 0 Å². The topological polar surface area (TPSA) is 53.4 Å². The second-order valence-corrected chi connectivity index (χ2v) is 7.10. The number of phenols is 1. The van der Waals surface area contributed by atoms with E-state index < -0.39 is 6.04 Å². The van der Waals surface area contributed by atoms with Crippen LogP contribution >= 0.6 is 23.2 Å². The van der Waals surface area contributed by atoms with E-state index >= 15 is 0 Å². The molecule has 3 rings (SSSR count). The van der Waals surface area contributed by atoms with Crippen molar-refractivity contribution in [1.82, 2.24) is 4.98 Å². The second kappa shape index (κ2) is 7.99. The van der Waals surface area contributed by atoms with E-state index in [0.29, 0.717) is 26.9 Å². The number of aromatic hydroxyl groups is 1. The zero-order valence-electron chi connectivity index (χ0n) is 14.9. The number of para-hydroxylation sites is 1. The molecule has 0 radical (unpaired) electrons. The van der Waals surface area contributed by atoms with E-state index in [1.165, 1.54) is 0 Å². The Morgan fingerprint density at radius 2 is 1.78 bits per heavy atom. The number of anilines is 1. The molecule has 1 aromatic heterocycles. The minimum Gasteiger partial charge on any atom is -0.508 e. The lowest BCUT2D eigenvalue weighted by Gasteiger charge is -2.31. The van der Waals surface area contributed by atoms with E-state index in [0.717, 1.165) is 5.56 Å². The Morgan fingerprint density at radius 1 is 1.11 bits per heavy atom. The minimum atomic E-state index is -0.458. The number of hydrogen-bond donors (Lipinski definition) is 1. The fourth-order valence-corrected chi connectivity index (χ4v) is 3.53. The van der Waals surface area contributed by atoms with Gasteiger partial charge in [-0.1, -0.05) is 41.4 Å². The maximum absolute atomic E-state index is 13.4. The summed E-state index contributed by atoms with van der Waals surface area (Å²) in [5, 5.41) is 11.1. The Morgan fingerprint density at radius 3 is 2.41 bits per heavy atom. The van der Waals surface area contributed by atoms with E-state index in [1.54, 1.807) is 59.8 Å². The summed E-state index contributed by atoms with van der Waals surface area (Å²) in [5.41, 5.74) is 2.44. The predicted molar refractivity (Wildman–Crippen MR) is 109 cm³/mol. The van der Waals surface area contributed by atoms with Crippen LogP contribution in [0.15, 0.2) is 60.9 Å². The van der Waals surface area contributed by atoms with Gasteiger partial charge >= 0.3 is 0 Å². The van der Waals surface area contributed by atoms with Gasteiger partial charge in [0.15, 0.2) is 0 Å². The van der Waals surface area contributed by atoms with Gasteiger partial charge in [-0.3, -0.25) is 9.78 Å². The number of amides is 1. The van der Waals surface area contributed by atoms with Gasteiger partial charge in [0.2, 0.25) is 0 Å². The van der Waals surface area contributed by atoms with Gasteiger partial charge in [-0.15, -0.1) is 0 Å². The number of carbonyl (C=O) groups excluding carboxylic acids is 1. The van der Waals surface area contributed by atoms with Crippen molar-refractivity contribution >= 4 is 34.8 Å². The van der Waals surface area contributed by atoms with Crippen LogP contribution < -0.4 is 4.90 Å². The van der Waals surface area contributed by atoms with E-state index in [-0.39, 0.29) is 11.7 Å². The lowest BCUT2D eigenvalue weighted by Crippen LogP contribution is -2.34. The number of halogens is 2. The molecule has 27 heavy (non-hydrogen) atoms. The number of phenolic OH excluding ortho intramolecular Hbond substituents is 1. The van der Waals surface area contributed by atoms with E-state index in [9.17, 15) is 9.90 Å². The molecule has 1 amide bonds. The molecule has 4 nitrogen and oxygen atoms in total. The third kappa shape index (κ3) is 4.07. The normalized spacial score (nSPS) is 11.9. The smallest absolute Gasteiger partial charge is 0.259 e. The lowest BCUT2D eigenvalue weighted by atomic mass is 10.0. The highest BCUT2D eigenvalue weighted by molar-refractivity contribution is 6.35. The molecule has 0 aliphatic carbocycles. The molecule has 3 aromatic rings. The number of carbonyl (C=O) groups is 1. The molecule has 0 saturated heterocycles.